The highest BCUT2D eigenvalue weighted by Crippen LogP contribution is 2.42. The van der Waals surface area contributed by atoms with Gasteiger partial charge in [-0.3, -0.25) is 0 Å². The van der Waals surface area contributed by atoms with Crippen LogP contribution in [0.25, 0.3) is 116 Å². The van der Waals surface area contributed by atoms with Crippen molar-refractivity contribution in [3.63, 3.8) is 0 Å². The summed E-state index contributed by atoms with van der Waals surface area (Å²) in [6.45, 7) is 0. The van der Waals surface area contributed by atoms with Crippen molar-refractivity contribution in [2.24, 2.45) is 0 Å². The molecule has 4 heteroatoms. The summed E-state index contributed by atoms with van der Waals surface area (Å²) >= 11 is 0. The predicted octanol–water partition coefficient (Wildman–Crippen LogP) is 14.2. The monoisotopic (exact) mass is 750 g/mol. The molecule has 0 atom stereocenters. The standard InChI is InChI=1S/C55H34N4/c1-3-14-35(15-4-1)42-26-27-44-46(55-57-53(37-17-5-2-6-18-37)56-54(58-55)45-25-13-23-36-16-11-12-24-43(36)45)28-29-50(47(44)32-42)59-51-33-40-21-9-7-19-38(40)30-48(51)49-31-39-20-8-10-22-41(39)34-52(49)59/h1-34H. The Labute approximate surface area is 340 Å². The fourth-order valence-corrected chi connectivity index (χ4v) is 8.93. The molecule has 12 aromatic rings. The molecule has 0 aliphatic rings. The molecule has 0 spiro atoms. The molecule has 0 aliphatic carbocycles. The van der Waals surface area contributed by atoms with E-state index in [-0.39, 0.29) is 0 Å². The average Bonchev–Trinajstić information content (AvgIpc) is 3.61. The van der Waals surface area contributed by atoms with Gasteiger partial charge in [0.2, 0.25) is 0 Å². The first kappa shape index (κ1) is 33.2. The first-order valence-corrected chi connectivity index (χ1v) is 20.0. The molecule has 0 amide bonds. The van der Waals surface area contributed by atoms with Gasteiger partial charge in [0.05, 0.1) is 16.7 Å². The molecule has 4 nitrogen and oxygen atoms in total. The van der Waals surface area contributed by atoms with Gasteiger partial charge in [-0.25, -0.2) is 15.0 Å². The zero-order valence-corrected chi connectivity index (χ0v) is 31.9. The fraction of sp³-hybridized carbons (Fsp3) is 0. The minimum Gasteiger partial charge on any atom is -0.309 e. The normalized spacial score (nSPS) is 11.7. The maximum absolute atomic E-state index is 5.31. The van der Waals surface area contributed by atoms with Crippen LogP contribution in [0.1, 0.15) is 0 Å². The van der Waals surface area contributed by atoms with Crippen molar-refractivity contribution in [1.82, 2.24) is 19.5 Å². The highest BCUT2D eigenvalue weighted by molar-refractivity contribution is 6.18. The van der Waals surface area contributed by atoms with Gasteiger partial charge in [0, 0.05) is 32.8 Å². The minimum absolute atomic E-state index is 0.630. The Balaban J connectivity index is 1.17. The van der Waals surface area contributed by atoms with Gasteiger partial charge in [0.25, 0.3) is 0 Å². The van der Waals surface area contributed by atoms with Gasteiger partial charge in [-0.15, -0.1) is 0 Å². The van der Waals surface area contributed by atoms with Gasteiger partial charge >= 0.3 is 0 Å². The van der Waals surface area contributed by atoms with Crippen LogP contribution in [0.5, 0.6) is 0 Å². The summed E-state index contributed by atoms with van der Waals surface area (Å²) in [6.07, 6.45) is 0. The van der Waals surface area contributed by atoms with Crippen LogP contribution in [0.4, 0.5) is 0 Å². The van der Waals surface area contributed by atoms with Gasteiger partial charge in [-0.1, -0.05) is 164 Å². The Kier molecular flexibility index (Phi) is 7.50. The van der Waals surface area contributed by atoms with Crippen LogP contribution in [0.15, 0.2) is 206 Å². The molecule has 12 rings (SSSR count). The molecule has 0 aliphatic heterocycles. The van der Waals surface area contributed by atoms with Crippen LogP contribution in [0.3, 0.4) is 0 Å². The lowest BCUT2D eigenvalue weighted by Gasteiger charge is -2.17. The van der Waals surface area contributed by atoms with Gasteiger partial charge < -0.3 is 4.57 Å². The summed E-state index contributed by atoms with van der Waals surface area (Å²) in [5.41, 5.74) is 8.59. The molecular weight excluding hydrogens is 717 g/mol. The molecule has 0 N–H and O–H groups in total. The molecule has 0 unspecified atom stereocenters. The second-order valence-electron chi connectivity index (χ2n) is 15.2. The number of nitrogens with zero attached hydrogens (tertiary/aromatic N) is 4. The largest absolute Gasteiger partial charge is 0.309 e. The van der Waals surface area contributed by atoms with Crippen molar-refractivity contribution in [2.45, 2.75) is 0 Å². The lowest BCUT2D eigenvalue weighted by Crippen LogP contribution is -2.02. The topological polar surface area (TPSA) is 43.6 Å². The zero-order valence-electron chi connectivity index (χ0n) is 31.9. The summed E-state index contributed by atoms with van der Waals surface area (Å²) in [5, 5.41) is 11.7. The zero-order chi connectivity index (χ0) is 38.9. The Morgan fingerprint density at radius 1 is 0.271 bits per heavy atom. The second kappa shape index (κ2) is 13.3. The van der Waals surface area contributed by atoms with Crippen LogP contribution in [-0.4, -0.2) is 19.5 Å². The summed E-state index contributed by atoms with van der Waals surface area (Å²) in [7, 11) is 0. The van der Waals surface area contributed by atoms with E-state index in [0.29, 0.717) is 17.5 Å². The van der Waals surface area contributed by atoms with E-state index in [2.05, 4.69) is 193 Å². The molecule has 0 radical (unpaired) electrons. The van der Waals surface area contributed by atoms with E-state index in [1.54, 1.807) is 0 Å². The summed E-state index contributed by atoms with van der Waals surface area (Å²) in [6, 6.07) is 73.6. The van der Waals surface area contributed by atoms with Crippen LogP contribution in [0, 0.1) is 0 Å². The summed E-state index contributed by atoms with van der Waals surface area (Å²) in [5.74, 6) is 1.91. The number of benzene rings is 10. The SMILES string of the molecule is c1ccc(-c2ccc3c(-c4nc(-c5ccccc5)nc(-c5cccc6ccccc56)n4)ccc(-n4c5cc6ccccc6cc5c5cc6ccccc6cc54)c3c2)cc1. The third-order valence-electron chi connectivity index (χ3n) is 11.8. The highest BCUT2D eigenvalue weighted by Gasteiger charge is 2.21. The Hall–Kier alpha value is -7.95. The Morgan fingerprint density at radius 2 is 0.780 bits per heavy atom. The van der Waals surface area contributed by atoms with Crippen molar-refractivity contribution in [3.05, 3.63) is 206 Å². The molecule has 59 heavy (non-hydrogen) atoms. The van der Waals surface area contributed by atoms with E-state index >= 15 is 0 Å². The van der Waals surface area contributed by atoms with Gasteiger partial charge in [0.15, 0.2) is 17.5 Å². The molecule has 0 saturated heterocycles. The van der Waals surface area contributed by atoms with Crippen LogP contribution in [0.2, 0.25) is 0 Å². The summed E-state index contributed by atoms with van der Waals surface area (Å²) in [4.78, 5) is 15.7. The van der Waals surface area contributed by atoms with Gasteiger partial charge in [-0.05, 0) is 91.3 Å². The van der Waals surface area contributed by atoms with Crippen molar-refractivity contribution in [3.8, 4) is 51.0 Å². The second-order valence-corrected chi connectivity index (χ2v) is 15.2. The predicted molar refractivity (Wildman–Crippen MR) is 246 cm³/mol. The maximum atomic E-state index is 5.31. The van der Waals surface area contributed by atoms with Gasteiger partial charge in [-0.2, -0.15) is 0 Å². The third kappa shape index (κ3) is 5.49. The lowest BCUT2D eigenvalue weighted by atomic mass is 9.96. The van der Waals surface area contributed by atoms with Crippen LogP contribution in [-0.2, 0) is 0 Å². The molecular formula is C55H34N4. The van der Waals surface area contributed by atoms with Crippen LogP contribution >= 0.6 is 0 Å². The van der Waals surface area contributed by atoms with Crippen molar-refractivity contribution < 1.29 is 0 Å². The van der Waals surface area contributed by atoms with E-state index in [0.717, 1.165) is 66.1 Å². The first-order chi connectivity index (χ1) is 29.2. The van der Waals surface area contributed by atoms with E-state index in [1.165, 1.54) is 32.3 Å². The Morgan fingerprint density at radius 3 is 1.42 bits per heavy atom. The van der Waals surface area contributed by atoms with E-state index in [9.17, 15) is 0 Å². The molecule has 0 fully saturated rings. The summed E-state index contributed by atoms with van der Waals surface area (Å²) < 4.78 is 2.47. The number of rotatable bonds is 5. The number of fused-ring (bicyclic) bond motifs is 7. The minimum atomic E-state index is 0.630. The molecule has 10 aromatic carbocycles. The average molecular weight is 751 g/mol. The van der Waals surface area contributed by atoms with Crippen molar-refractivity contribution >= 4 is 64.9 Å². The molecule has 2 heterocycles. The van der Waals surface area contributed by atoms with Crippen molar-refractivity contribution in [1.29, 1.82) is 0 Å². The quantitative estimate of drug-likeness (QED) is 0.176. The van der Waals surface area contributed by atoms with Crippen LogP contribution < -0.4 is 0 Å². The van der Waals surface area contributed by atoms with E-state index < -0.39 is 0 Å². The first-order valence-electron chi connectivity index (χ1n) is 20.0. The Bertz CT molecular complexity index is 3510. The van der Waals surface area contributed by atoms with Crippen molar-refractivity contribution in [2.75, 3.05) is 0 Å². The molecule has 0 bridgehead atoms. The fourth-order valence-electron chi connectivity index (χ4n) is 8.93. The number of hydrogen-bond donors (Lipinski definition) is 0. The smallest absolute Gasteiger partial charge is 0.164 e. The molecule has 0 saturated carbocycles. The van der Waals surface area contributed by atoms with E-state index in [4.69, 9.17) is 15.0 Å². The highest BCUT2D eigenvalue weighted by atomic mass is 15.0. The lowest BCUT2D eigenvalue weighted by molar-refractivity contribution is 1.08. The maximum Gasteiger partial charge on any atom is 0.164 e. The molecule has 2 aromatic heterocycles. The number of hydrogen-bond acceptors (Lipinski definition) is 3. The van der Waals surface area contributed by atoms with E-state index in [1.807, 2.05) is 18.2 Å². The molecule has 274 valence electrons. The number of aromatic nitrogens is 4. The third-order valence-corrected chi connectivity index (χ3v) is 11.8. The van der Waals surface area contributed by atoms with Gasteiger partial charge in [0.1, 0.15) is 0 Å².